The van der Waals surface area contributed by atoms with Crippen LogP contribution in [0.4, 0.5) is 38.0 Å². The van der Waals surface area contributed by atoms with Gasteiger partial charge < -0.3 is 19.6 Å². The lowest BCUT2D eigenvalue weighted by Crippen LogP contribution is -2.46. The van der Waals surface area contributed by atoms with Crippen LogP contribution in [0.15, 0.2) is 73.2 Å². The van der Waals surface area contributed by atoms with Crippen molar-refractivity contribution >= 4 is 17.6 Å². The predicted octanol–water partition coefficient (Wildman–Crippen LogP) is 8.31. The summed E-state index contributed by atoms with van der Waals surface area (Å²) in [5.74, 6) is -0.858. The normalized spacial score (nSPS) is 15.5. The van der Waals surface area contributed by atoms with Crippen molar-refractivity contribution in [3.63, 3.8) is 0 Å². The number of carboxylic acid groups (broad SMARTS) is 1. The summed E-state index contributed by atoms with van der Waals surface area (Å²) < 4.78 is 89.8. The highest BCUT2D eigenvalue weighted by atomic mass is 19.4. The van der Waals surface area contributed by atoms with E-state index in [9.17, 15) is 36.2 Å². The number of benzene rings is 2. The molecular weight excluding hydrogens is 664 g/mol. The van der Waals surface area contributed by atoms with Crippen molar-refractivity contribution in [2.75, 3.05) is 30.0 Å². The van der Waals surface area contributed by atoms with E-state index in [0.29, 0.717) is 60.8 Å². The molecule has 1 unspecified atom stereocenters. The lowest BCUT2D eigenvalue weighted by molar-refractivity contribution is -0.144. The summed E-state index contributed by atoms with van der Waals surface area (Å²) in [7, 11) is 1.47. The molecular formula is C36H37F6N5O3. The number of hydrogen-bond acceptors (Lipinski definition) is 7. The van der Waals surface area contributed by atoms with Crippen molar-refractivity contribution < 1.29 is 41.0 Å². The zero-order valence-corrected chi connectivity index (χ0v) is 27.9. The summed E-state index contributed by atoms with van der Waals surface area (Å²) >= 11 is 0. The van der Waals surface area contributed by atoms with E-state index in [1.165, 1.54) is 24.4 Å². The van der Waals surface area contributed by atoms with Gasteiger partial charge in [0.2, 0.25) is 5.95 Å². The number of nitrogens with zero attached hydrogens (tertiary/aromatic N) is 5. The highest BCUT2D eigenvalue weighted by Crippen LogP contribution is 2.44. The number of carboxylic acids is 1. The molecule has 4 aromatic rings. The average molecular weight is 702 g/mol. The van der Waals surface area contributed by atoms with E-state index < -0.39 is 47.5 Å². The van der Waals surface area contributed by atoms with Gasteiger partial charge in [-0.1, -0.05) is 26.0 Å². The maximum atomic E-state index is 14.0. The molecule has 0 spiro atoms. The second-order valence-electron chi connectivity index (χ2n) is 12.7. The van der Waals surface area contributed by atoms with Crippen molar-refractivity contribution in [3.05, 3.63) is 107 Å². The summed E-state index contributed by atoms with van der Waals surface area (Å²) in [6.07, 6.45) is -4.68. The molecule has 0 saturated carbocycles. The van der Waals surface area contributed by atoms with Gasteiger partial charge in [0.1, 0.15) is 11.3 Å². The number of halogens is 6. The second kappa shape index (κ2) is 14.2. The number of alkyl halides is 6. The minimum Gasteiger partial charge on any atom is -0.496 e. The molecule has 0 amide bonds. The zero-order valence-electron chi connectivity index (χ0n) is 27.9. The Labute approximate surface area is 285 Å². The summed E-state index contributed by atoms with van der Waals surface area (Å²) in [5, 5.41) is 9.40. The Morgan fingerprint density at radius 3 is 2.06 bits per heavy atom. The van der Waals surface area contributed by atoms with Gasteiger partial charge in [-0.3, -0.25) is 9.78 Å². The van der Waals surface area contributed by atoms with Gasteiger partial charge in [0.15, 0.2) is 0 Å². The van der Waals surface area contributed by atoms with E-state index in [1.54, 1.807) is 37.4 Å². The van der Waals surface area contributed by atoms with Gasteiger partial charge in [-0.15, -0.1) is 0 Å². The lowest BCUT2D eigenvalue weighted by Gasteiger charge is -2.42. The van der Waals surface area contributed by atoms with Crippen molar-refractivity contribution in [2.24, 2.45) is 5.92 Å². The first-order valence-corrected chi connectivity index (χ1v) is 16.0. The third-order valence-corrected chi connectivity index (χ3v) is 9.18. The summed E-state index contributed by atoms with van der Waals surface area (Å²) in [5.41, 5.74) is -2.13. The number of piperidine rings is 1. The number of anilines is 2. The van der Waals surface area contributed by atoms with E-state index in [4.69, 9.17) is 4.74 Å². The van der Waals surface area contributed by atoms with Crippen LogP contribution in [0.25, 0.3) is 0 Å². The van der Waals surface area contributed by atoms with Crippen LogP contribution in [0.1, 0.15) is 73.0 Å². The molecule has 1 aliphatic heterocycles. The van der Waals surface area contributed by atoms with E-state index >= 15 is 0 Å². The Hall–Kier alpha value is -4.88. The number of carbonyl (C=O) groups is 1. The fraction of sp³-hybridized carbons (Fsp3) is 0.389. The van der Waals surface area contributed by atoms with Crippen LogP contribution in [0.2, 0.25) is 0 Å². The monoisotopic (exact) mass is 701 g/mol. The first kappa shape index (κ1) is 36.4. The maximum Gasteiger partial charge on any atom is 0.416 e. The molecule has 266 valence electrons. The van der Waals surface area contributed by atoms with Gasteiger partial charge in [-0.25, -0.2) is 9.97 Å². The summed E-state index contributed by atoms with van der Waals surface area (Å²) in [4.78, 5) is 28.8. The molecule has 8 nitrogen and oxygen atoms in total. The molecule has 0 radical (unpaired) electrons. The van der Waals surface area contributed by atoms with Gasteiger partial charge in [-0.05, 0) is 79.3 Å². The largest absolute Gasteiger partial charge is 0.496 e. The van der Waals surface area contributed by atoms with Crippen LogP contribution >= 0.6 is 0 Å². The van der Waals surface area contributed by atoms with Crippen LogP contribution < -0.4 is 14.5 Å². The minimum atomic E-state index is -5.05. The summed E-state index contributed by atoms with van der Waals surface area (Å²) in [6.45, 7) is 6.13. The summed E-state index contributed by atoms with van der Waals surface area (Å²) in [6, 6.07) is 12.2. The van der Waals surface area contributed by atoms with Gasteiger partial charge in [-0.2, -0.15) is 26.3 Å². The number of aromatic nitrogens is 3. The first-order valence-electron chi connectivity index (χ1n) is 16.0. The minimum absolute atomic E-state index is 0.00491. The van der Waals surface area contributed by atoms with Crippen molar-refractivity contribution in [1.29, 1.82) is 0 Å². The van der Waals surface area contributed by atoms with E-state index in [1.807, 2.05) is 30.9 Å². The highest BCUT2D eigenvalue weighted by molar-refractivity contribution is 5.70. The van der Waals surface area contributed by atoms with Gasteiger partial charge in [0, 0.05) is 31.4 Å². The molecule has 0 aliphatic carbocycles. The Balaban J connectivity index is 1.72. The van der Waals surface area contributed by atoms with Crippen molar-refractivity contribution in [3.8, 4) is 5.75 Å². The number of rotatable bonds is 10. The Morgan fingerprint density at radius 1 is 0.940 bits per heavy atom. The molecule has 0 bridgehead atoms. The predicted molar refractivity (Wildman–Crippen MR) is 175 cm³/mol. The van der Waals surface area contributed by atoms with Crippen molar-refractivity contribution in [2.45, 2.75) is 64.0 Å². The van der Waals surface area contributed by atoms with E-state index in [0.717, 1.165) is 5.56 Å². The maximum absolute atomic E-state index is 14.0. The average Bonchev–Trinajstić information content (AvgIpc) is 3.09. The Morgan fingerprint density at radius 2 is 1.56 bits per heavy atom. The van der Waals surface area contributed by atoms with Gasteiger partial charge in [0.05, 0.1) is 47.9 Å². The molecule has 1 aliphatic rings. The molecule has 2 aromatic carbocycles. The topological polar surface area (TPSA) is 91.7 Å². The van der Waals surface area contributed by atoms with E-state index in [-0.39, 0.29) is 23.5 Å². The van der Waals surface area contributed by atoms with Crippen LogP contribution in [0.5, 0.6) is 5.75 Å². The molecule has 2 aromatic heterocycles. The fourth-order valence-electron chi connectivity index (χ4n) is 6.26. The molecule has 1 saturated heterocycles. The SMILES string of the molecule is COc1ccc(C(C)C)cc1C(C)(c1ccccn1)N(Cc1cc(C(F)(F)F)cc(C(F)(F)F)c1)c1ncc(N2CCC(C(=O)O)CC2)cn1. The van der Waals surface area contributed by atoms with E-state index in [2.05, 4.69) is 15.0 Å². The molecule has 50 heavy (non-hydrogen) atoms. The van der Waals surface area contributed by atoms with Crippen LogP contribution in [-0.2, 0) is 29.2 Å². The first-order chi connectivity index (χ1) is 23.5. The third-order valence-electron chi connectivity index (χ3n) is 9.18. The van der Waals surface area contributed by atoms with Gasteiger partial charge in [0.25, 0.3) is 0 Å². The molecule has 1 N–H and O–H groups in total. The molecule has 5 rings (SSSR count). The lowest BCUT2D eigenvalue weighted by atomic mass is 9.83. The van der Waals surface area contributed by atoms with Gasteiger partial charge >= 0.3 is 18.3 Å². The molecule has 1 fully saturated rings. The third kappa shape index (κ3) is 7.63. The van der Waals surface area contributed by atoms with Crippen LogP contribution in [0.3, 0.4) is 0 Å². The fourth-order valence-corrected chi connectivity index (χ4v) is 6.26. The molecule has 3 heterocycles. The standard InChI is InChI=1S/C36H37F6N5O3/c1-22(2)25-8-9-30(50-4)29(17-25)34(3,31-7-5-6-12-43-31)47(21-23-15-26(35(37,38)39)18-27(16-23)36(40,41)42)33-44-19-28(20-45-33)46-13-10-24(11-14-46)32(48)49/h5-9,12,15-20,22,24H,10-11,13-14,21H2,1-4H3,(H,48,49). The van der Waals surface area contributed by atoms with Crippen LogP contribution in [-0.4, -0.2) is 46.2 Å². The van der Waals surface area contributed by atoms with Crippen LogP contribution in [0, 0.1) is 5.92 Å². The number of aliphatic carboxylic acids is 1. The molecule has 14 heteroatoms. The quantitative estimate of drug-likeness (QED) is 0.165. The van der Waals surface area contributed by atoms with Crippen molar-refractivity contribution in [1.82, 2.24) is 15.0 Å². The smallest absolute Gasteiger partial charge is 0.416 e. The highest BCUT2D eigenvalue weighted by Gasteiger charge is 2.43. The number of pyridine rings is 1. The molecule has 1 atom stereocenters. The second-order valence-corrected chi connectivity index (χ2v) is 12.7. The number of ether oxygens (including phenoxy) is 1. The zero-order chi connectivity index (χ0) is 36.4. The number of hydrogen-bond donors (Lipinski definition) is 1. The Kier molecular flexibility index (Phi) is 10.3. The number of methoxy groups -OCH3 is 1. The Bertz CT molecular complexity index is 1760.